The molecule has 1 nitrogen and oxygen atoms in total. The molecule has 2 rings (SSSR count). The van der Waals surface area contributed by atoms with Crippen LogP contribution in [0, 0.1) is 12.7 Å². The van der Waals surface area contributed by atoms with Gasteiger partial charge in [0.25, 0.3) is 0 Å². The van der Waals surface area contributed by atoms with E-state index in [1.165, 1.54) is 11.6 Å². The first-order valence-electron chi connectivity index (χ1n) is 6.95. The van der Waals surface area contributed by atoms with Gasteiger partial charge in [-0.05, 0) is 35.6 Å². The Morgan fingerprint density at radius 2 is 1.86 bits per heavy atom. The highest BCUT2D eigenvalue weighted by Gasteiger charge is 2.16. The monoisotopic (exact) mass is 350 g/mol. The van der Waals surface area contributed by atoms with E-state index in [2.05, 4.69) is 42.8 Å². The van der Waals surface area contributed by atoms with Crippen molar-refractivity contribution >= 4 is 15.9 Å². The van der Waals surface area contributed by atoms with Crippen molar-refractivity contribution in [3.05, 3.63) is 58.9 Å². The minimum absolute atomic E-state index is 0.0856. The fourth-order valence-electron chi connectivity index (χ4n) is 2.11. The average molecular weight is 351 g/mol. The van der Waals surface area contributed by atoms with Crippen LogP contribution in [-0.2, 0) is 10.7 Å². The standard InChI is InChI=1S/C18H20BrFO/c1-12-10-14(18(2,3)4)8-9-16(12)21-17-13(11-19)6-5-7-15(17)20/h5-10H,11H2,1-4H3. The molecular formula is C18H20BrFO. The van der Waals surface area contributed by atoms with Crippen molar-refractivity contribution in [2.45, 2.75) is 38.4 Å². The van der Waals surface area contributed by atoms with Crippen LogP contribution in [0.2, 0.25) is 0 Å². The maximum atomic E-state index is 14.0. The first-order chi connectivity index (χ1) is 9.82. The molecule has 2 aromatic rings. The maximum Gasteiger partial charge on any atom is 0.167 e. The number of alkyl halides is 1. The summed E-state index contributed by atoms with van der Waals surface area (Å²) < 4.78 is 19.8. The van der Waals surface area contributed by atoms with Crippen LogP contribution in [0.4, 0.5) is 4.39 Å². The summed E-state index contributed by atoms with van der Waals surface area (Å²) in [6.07, 6.45) is 0. The number of halogens is 2. The molecule has 0 spiro atoms. The van der Waals surface area contributed by atoms with Gasteiger partial charge in [0.05, 0.1) is 0 Å². The van der Waals surface area contributed by atoms with Gasteiger partial charge in [-0.15, -0.1) is 0 Å². The molecule has 0 radical (unpaired) electrons. The van der Waals surface area contributed by atoms with Crippen LogP contribution in [-0.4, -0.2) is 0 Å². The van der Waals surface area contributed by atoms with Crippen molar-refractivity contribution in [1.82, 2.24) is 0 Å². The van der Waals surface area contributed by atoms with Crippen molar-refractivity contribution in [2.75, 3.05) is 0 Å². The SMILES string of the molecule is Cc1cc(C(C)(C)C)ccc1Oc1c(F)cccc1CBr. The van der Waals surface area contributed by atoms with Crippen LogP contribution in [0.25, 0.3) is 0 Å². The van der Waals surface area contributed by atoms with E-state index in [4.69, 9.17) is 4.74 Å². The lowest BCUT2D eigenvalue weighted by atomic mass is 9.86. The molecule has 3 heteroatoms. The Morgan fingerprint density at radius 1 is 1.14 bits per heavy atom. The number of para-hydroxylation sites is 1. The largest absolute Gasteiger partial charge is 0.454 e. The van der Waals surface area contributed by atoms with Gasteiger partial charge >= 0.3 is 0 Å². The Hall–Kier alpha value is -1.35. The highest BCUT2D eigenvalue weighted by molar-refractivity contribution is 9.08. The molecule has 0 heterocycles. The molecule has 0 fully saturated rings. The van der Waals surface area contributed by atoms with Crippen molar-refractivity contribution in [2.24, 2.45) is 0 Å². The molecule has 0 bridgehead atoms. The number of benzene rings is 2. The minimum atomic E-state index is -0.341. The summed E-state index contributed by atoms with van der Waals surface area (Å²) in [5.74, 6) is 0.641. The molecule has 0 amide bonds. The van der Waals surface area contributed by atoms with Gasteiger partial charge < -0.3 is 4.74 Å². The maximum absolute atomic E-state index is 14.0. The lowest BCUT2D eigenvalue weighted by Crippen LogP contribution is -2.11. The molecule has 0 aliphatic heterocycles. The minimum Gasteiger partial charge on any atom is -0.454 e. The zero-order valence-corrected chi connectivity index (χ0v) is 14.4. The number of ether oxygens (including phenoxy) is 1. The van der Waals surface area contributed by atoms with Gasteiger partial charge in [0.1, 0.15) is 5.75 Å². The van der Waals surface area contributed by atoms with Crippen molar-refractivity contribution in [3.63, 3.8) is 0 Å². The molecule has 2 aromatic carbocycles. The molecule has 0 aliphatic rings. The predicted octanol–water partition coefficient (Wildman–Crippen LogP) is 6.12. The van der Waals surface area contributed by atoms with Crippen molar-refractivity contribution in [3.8, 4) is 11.5 Å². The molecule has 0 aliphatic carbocycles. The highest BCUT2D eigenvalue weighted by Crippen LogP contribution is 2.33. The first-order valence-corrected chi connectivity index (χ1v) is 8.07. The van der Waals surface area contributed by atoms with E-state index >= 15 is 0 Å². The molecule has 112 valence electrons. The Morgan fingerprint density at radius 3 is 2.43 bits per heavy atom. The summed E-state index contributed by atoms with van der Waals surface area (Å²) in [6, 6.07) is 11.0. The second kappa shape index (κ2) is 6.18. The van der Waals surface area contributed by atoms with Crippen LogP contribution in [0.15, 0.2) is 36.4 Å². The zero-order valence-electron chi connectivity index (χ0n) is 12.8. The summed E-state index contributed by atoms with van der Waals surface area (Å²) >= 11 is 3.37. The Bertz CT molecular complexity index is 644. The van der Waals surface area contributed by atoms with Gasteiger partial charge in [-0.2, -0.15) is 0 Å². The smallest absolute Gasteiger partial charge is 0.167 e. The van der Waals surface area contributed by atoms with Gasteiger partial charge in [0, 0.05) is 10.9 Å². The first kappa shape index (κ1) is 16.0. The molecular weight excluding hydrogens is 331 g/mol. The van der Waals surface area contributed by atoms with E-state index in [9.17, 15) is 4.39 Å². The second-order valence-electron chi connectivity index (χ2n) is 6.19. The van der Waals surface area contributed by atoms with E-state index in [1.807, 2.05) is 25.1 Å². The molecule has 0 saturated heterocycles. The third-order valence-corrected chi connectivity index (χ3v) is 4.05. The third kappa shape index (κ3) is 3.65. The summed E-state index contributed by atoms with van der Waals surface area (Å²) in [4.78, 5) is 0. The van der Waals surface area contributed by atoms with Crippen LogP contribution in [0.3, 0.4) is 0 Å². The number of rotatable bonds is 3. The van der Waals surface area contributed by atoms with Crippen LogP contribution in [0.5, 0.6) is 11.5 Å². The lowest BCUT2D eigenvalue weighted by Gasteiger charge is -2.21. The van der Waals surface area contributed by atoms with Crippen molar-refractivity contribution in [1.29, 1.82) is 0 Å². The Kier molecular flexibility index (Phi) is 4.72. The molecule has 0 N–H and O–H groups in total. The average Bonchev–Trinajstić information content (AvgIpc) is 2.41. The summed E-state index contributed by atoms with van der Waals surface area (Å²) in [6.45, 7) is 8.49. The molecule has 0 saturated carbocycles. The Balaban J connectivity index is 2.37. The number of aryl methyl sites for hydroxylation is 1. The van der Waals surface area contributed by atoms with Gasteiger partial charge in [0.2, 0.25) is 0 Å². The lowest BCUT2D eigenvalue weighted by molar-refractivity contribution is 0.435. The van der Waals surface area contributed by atoms with Gasteiger partial charge in [-0.25, -0.2) is 4.39 Å². The van der Waals surface area contributed by atoms with E-state index in [-0.39, 0.29) is 11.2 Å². The van der Waals surface area contributed by atoms with E-state index in [0.29, 0.717) is 16.8 Å². The second-order valence-corrected chi connectivity index (χ2v) is 6.75. The molecule has 0 atom stereocenters. The zero-order chi connectivity index (χ0) is 15.6. The molecule has 0 aromatic heterocycles. The third-order valence-electron chi connectivity index (χ3n) is 3.45. The number of hydrogen-bond acceptors (Lipinski definition) is 1. The van der Waals surface area contributed by atoms with E-state index in [1.54, 1.807) is 6.07 Å². The summed E-state index contributed by atoms with van der Waals surface area (Å²) in [5, 5.41) is 0.555. The van der Waals surface area contributed by atoms with Gasteiger partial charge in [-0.1, -0.05) is 61.0 Å². The summed E-state index contributed by atoms with van der Waals surface area (Å²) in [7, 11) is 0. The van der Waals surface area contributed by atoms with Crippen LogP contribution < -0.4 is 4.74 Å². The van der Waals surface area contributed by atoms with Crippen LogP contribution in [0.1, 0.15) is 37.5 Å². The summed E-state index contributed by atoms with van der Waals surface area (Å²) in [5.41, 5.74) is 3.13. The quantitative estimate of drug-likeness (QED) is 0.606. The van der Waals surface area contributed by atoms with E-state index < -0.39 is 0 Å². The normalized spacial score (nSPS) is 11.5. The van der Waals surface area contributed by atoms with Gasteiger partial charge in [0.15, 0.2) is 11.6 Å². The van der Waals surface area contributed by atoms with Crippen molar-refractivity contribution < 1.29 is 9.13 Å². The fourth-order valence-corrected chi connectivity index (χ4v) is 2.55. The number of hydrogen-bond donors (Lipinski definition) is 0. The van der Waals surface area contributed by atoms with E-state index in [0.717, 1.165) is 11.1 Å². The van der Waals surface area contributed by atoms with Crippen LogP contribution >= 0.6 is 15.9 Å². The van der Waals surface area contributed by atoms with Gasteiger partial charge in [-0.3, -0.25) is 0 Å². The topological polar surface area (TPSA) is 9.23 Å². The molecule has 0 unspecified atom stereocenters. The molecule has 21 heavy (non-hydrogen) atoms. The fraction of sp³-hybridized carbons (Fsp3) is 0.333. The Labute approximate surface area is 134 Å². The predicted molar refractivity (Wildman–Crippen MR) is 89.0 cm³/mol. The highest BCUT2D eigenvalue weighted by atomic mass is 79.9.